The van der Waals surface area contributed by atoms with Gasteiger partial charge in [-0.05, 0) is 36.6 Å². The van der Waals surface area contributed by atoms with E-state index in [9.17, 15) is 14.4 Å². The number of amides is 2. The Labute approximate surface area is 183 Å². The van der Waals surface area contributed by atoms with Gasteiger partial charge in [0.2, 0.25) is 5.91 Å². The van der Waals surface area contributed by atoms with Gasteiger partial charge >= 0.3 is 0 Å². The molecule has 3 heterocycles. The fourth-order valence-corrected chi connectivity index (χ4v) is 4.59. The Kier molecular flexibility index (Phi) is 6.15. The van der Waals surface area contributed by atoms with Crippen LogP contribution in [0.25, 0.3) is 10.2 Å². The van der Waals surface area contributed by atoms with E-state index in [1.54, 1.807) is 11.8 Å². The maximum absolute atomic E-state index is 13.0. The molecule has 1 N–H and O–H groups in total. The van der Waals surface area contributed by atoms with Crippen molar-refractivity contribution >= 4 is 39.1 Å². The number of hydrogen-bond acceptors (Lipinski definition) is 6. The van der Waals surface area contributed by atoms with Gasteiger partial charge in [0.05, 0.1) is 29.8 Å². The molecule has 9 heteroatoms. The smallest absolute Gasteiger partial charge is 0.266 e. The number of fused-ring (bicyclic) bond motifs is 1. The maximum Gasteiger partial charge on any atom is 0.266 e. The average molecular weight is 441 g/mol. The van der Waals surface area contributed by atoms with E-state index >= 15 is 0 Å². The number of thiophene rings is 1. The number of aromatic nitrogens is 2. The normalized spacial score (nSPS) is 14.1. The molecule has 162 valence electrons. The summed E-state index contributed by atoms with van der Waals surface area (Å²) < 4.78 is 6.58. The van der Waals surface area contributed by atoms with Crippen molar-refractivity contribution in [3.05, 3.63) is 57.0 Å². The standard InChI is InChI=1S/C22H24N4O4S/c1-3-15-4-6-16(7-5-15)24-20(28)19-14(2)18-21(31-19)23-13-26(22(18)29)12-17(27)25-8-10-30-11-9-25/h4-7,13H,3,8-12H2,1-2H3,(H,24,28). The highest BCUT2D eigenvalue weighted by molar-refractivity contribution is 7.20. The second kappa shape index (κ2) is 8.99. The lowest BCUT2D eigenvalue weighted by atomic mass is 10.1. The third-order valence-corrected chi connectivity index (χ3v) is 6.61. The van der Waals surface area contributed by atoms with Gasteiger partial charge in [0.15, 0.2) is 0 Å². The van der Waals surface area contributed by atoms with Crippen LogP contribution < -0.4 is 10.9 Å². The summed E-state index contributed by atoms with van der Waals surface area (Å²) in [6.07, 6.45) is 2.31. The van der Waals surface area contributed by atoms with Crippen molar-refractivity contribution in [2.24, 2.45) is 0 Å². The van der Waals surface area contributed by atoms with Crippen LogP contribution in [0.15, 0.2) is 35.4 Å². The molecule has 0 bridgehead atoms. The van der Waals surface area contributed by atoms with Crippen LogP contribution in [-0.2, 0) is 22.5 Å². The van der Waals surface area contributed by atoms with E-state index in [-0.39, 0.29) is 23.9 Å². The van der Waals surface area contributed by atoms with Crippen LogP contribution in [0, 0.1) is 6.92 Å². The molecule has 0 spiro atoms. The molecule has 4 rings (SSSR count). The van der Waals surface area contributed by atoms with E-state index in [1.807, 2.05) is 24.3 Å². The predicted molar refractivity (Wildman–Crippen MR) is 120 cm³/mol. The Bertz CT molecular complexity index is 1180. The molecule has 0 aliphatic carbocycles. The van der Waals surface area contributed by atoms with Crippen LogP contribution in [0.2, 0.25) is 0 Å². The zero-order valence-electron chi connectivity index (χ0n) is 17.5. The number of carbonyl (C=O) groups is 2. The first kappa shape index (κ1) is 21.2. The summed E-state index contributed by atoms with van der Waals surface area (Å²) in [5, 5.41) is 3.27. The first-order valence-corrected chi connectivity index (χ1v) is 11.0. The van der Waals surface area contributed by atoms with Gasteiger partial charge in [-0.3, -0.25) is 19.0 Å². The number of morpholine rings is 1. The number of benzene rings is 1. The van der Waals surface area contributed by atoms with Crippen molar-refractivity contribution in [1.82, 2.24) is 14.5 Å². The largest absolute Gasteiger partial charge is 0.378 e. The molecule has 1 aromatic carbocycles. The van der Waals surface area contributed by atoms with Crippen LogP contribution >= 0.6 is 11.3 Å². The predicted octanol–water partition coefficient (Wildman–Crippen LogP) is 2.44. The van der Waals surface area contributed by atoms with Crippen molar-refractivity contribution < 1.29 is 14.3 Å². The lowest BCUT2D eigenvalue weighted by Crippen LogP contribution is -2.43. The summed E-state index contributed by atoms with van der Waals surface area (Å²) in [6, 6.07) is 7.67. The van der Waals surface area contributed by atoms with Gasteiger partial charge in [0.1, 0.15) is 11.4 Å². The first-order valence-electron chi connectivity index (χ1n) is 10.2. The van der Waals surface area contributed by atoms with Crippen LogP contribution in [0.3, 0.4) is 0 Å². The number of anilines is 1. The number of rotatable bonds is 5. The Morgan fingerprint density at radius 3 is 2.58 bits per heavy atom. The Morgan fingerprint density at radius 1 is 1.19 bits per heavy atom. The highest BCUT2D eigenvalue weighted by Crippen LogP contribution is 2.27. The lowest BCUT2D eigenvalue weighted by molar-refractivity contribution is -0.135. The van der Waals surface area contributed by atoms with Crippen LogP contribution in [0.5, 0.6) is 0 Å². The third-order valence-electron chi connectivity index (χ3n) is 5.41. The minimum absolute atomic E-state index is 0.0810. The van der Waals surface area contributed by atoms with Crippen molar-refractivity contribution in [3.63, 3.8) is 0 Å². The van der Waals surface area contributed by atoms with Gasteiger partial charge < -0.3 is 15.0 Å². The van der Waals surface area contributed by atoms with Crippen LogP contribution in [-0.4, -0.2) is 52.6 Å². The molecule has 2 amide bonds. The zero-order valence-corrected chi connectivity index (χ0v) is 18.3. The Balaban J connectivity index is 1.57. The van der Waals surface area contributed by atoms with Crippen molar-refractivity contribution in [2.45, 2.75) is 26.8 Å². The topological polar surface area (TPSA) is 93.5 Å². The molecule has 1 fully saturated rings. The maximum atomic E-state index is 13.0. The fraction of sp³-hybridized carbons (Fsp3) is 0.364. The quantitative estimate of drug-likeness (QED) is 0.658. The van der Waals surface area contributed by atoms with Crippen LogP contribution in [0.4, 0.5) is 5.69 Å². The van der Waals surface area contributed by atoms with Crippen molar-refractivity contribution in [1.29, 1.82) is 0 Å². The van der Waals surface area contributed by atoms with E-state index in [0.29, 0.717) is 52.6 Å². The number of hydrogen-bond donors (Lipinski definition) is 1. The number of aryl methyl sites for hydroxylation is 2. The van der Waals surface area contributed by atoms with Gasteiger partial charge in [0.25, 0.3) is 11.5 Å². The molecule has 3 aromatic rings. The summed E-state index contributed by atoms with van der Waals surface area (Å²) >= 11 is 1.18. The molecule has 1 aliphatic heterocycles. The highest BCUT2D eigenvalue weighted by atomic mass is 32.1. The van der Waals surface area contributed by atoms with Crippen molar-refractivity contribution in [3.8, 4) is 0 Å². The van der Waals surface area contributed by atoms with Crippen LogP contribution in [0.1, 0.15) is 27.7 Å². The minimum atomic E-state index is -0.313. The molecule has 1 saturated heterocycles. The number of nitrogens with zero attached hydrogens (tertiary/aromatic N) is 3. The molecule has 0 unspecified atom stereocenters. The Hall–Kier alpha value is -3.04. The van der Waals surface area contributed by atoms with E-state index in [4.69, 9.17) is 4.74 Å². The highest BCUT2D eigenvalue weighted by Gasteiger charge is 2.22. The molecule has 8 nitrogen and oxygen atoms in total. The molecular weight excluding hydrogens is 416 g/mol. The van der Waals surface area contributed by atoms with Crippen molar-refractivity contribution in [2.75, 3.05) is 31.6 Å². The molecule has 0 radical (unpaired) electrons. The first-order chi connectivity index (χ1) is 15.0. The summed E-state index contributed by atoms with van der Waals surface area (Å²) in [5.74, 6) is -0.423. The van der Waals surface area contributed by atoms with Gasteiger partial charge in [-0.15, -0.1) is 11.3 Å². The number of ether oxygens (including phenoxy) is 1. The minimum Gasteiger partial charge on any atom is -0.378 e. The molecule has 31 heavy (non-hydrogen) atoms. The van der Waals surface area contributed by atoms with E-state index in [0.717, 1.165) is 6.42 Å². The molecule has 0 atom stereocenters. The second-order valence-electron chi connectivity index (χ2n) is 7.41. The summed E-state index contributed by atoms with van der Waals surface area (Å²) in [5.41, 5.74) is 2.15. The lowest BCUT2D eigenvalue weighted by Gasteiger charge is -2.26. The summed E-state index contributed by atoms with van der Waals surface area (Å²) in [7, 11) is 0. The number of carbonyl (C=O) groups excluding carboxylic acids is 2. The molecule has 0 saturated carbocycles. The van der Waals surface area contributed by atoms with Gasteiger partial charge in [-0.25, -0.2) is 4.98 Å². The molecule has 2 aromatic heterocycles. The molecular formula is C22H24N4O4S. The SMILES string of the molecule is CCc1ccc(NC(=O)c2sc3ncn(CC(=O)N4CCOCC4)c(=O)c3c2C)cc1. The monoisotopic (exact) mass is 440 g/mol. The zero-order chi connectivity index (χ0) is 22.0. The van der Waals surface area contributed by atoms with Gasteiger partial charge in [0, 0.05) is 18.8 Å². The van der Waals surface area contributed by atoms with E-state index in [2.05, 4.69) is 17.2 Å². The average Bonchev–Trinajstić information content (AvgIpc) is 3.14. The summed E-state index contributed by atoms with van der Waals surface area (Å²) in [6.45, 7) is 5.77. The fourth-order valence-electron chi connectivity index (χ4n) is 3.56. The van der Waals surface area contributed by atoms with Gasteiger partial charge in [-0.2, -0.15) is 0 Å². The van der Waals surface area contributed by atoms with Gasteiger partial charge in [-0.1, -0.05) is 19.1 Å². The van der Waals surface area contributed by atoms with E-state index in [1.165, 1.54) is 27.8 Å². The number of nitrogens with one attached hydrogen (secondary N) is 1. The Morgan fingerprint density at radius 2 is 1.90 bits per heavy atom. The van der Waals surface area contributed by atoms with E-state index < -0.39 is 0 Å². The summed E-state index contributed by atoms with van der Waals surface area (Å²) in [4.78, 5) is 45.3. The molecule has 1 aliphatic rings. The third kappa shape index (κ3) is 4.38. The second-order valence-corrected chi connectivity index (χ2v) is 8.41.